The second kappa shape index (κ2) is 5.16. The van der Waals surface area contributed by atoms with Crippen LogP contribution in [0.2, 0.25) is 5.02 Å². The molecule has 0 bridgehead atoms. The monoisotopic (exact) mass is 304 g/mol. The summed E-state index contributed by atoms with van der Waals surface area (Å²) >= 11 is 5.83. The van der Waals surface area contributed by atoms with Gasteiger partial charge in [-0.05, 0) is 12.1 Å². The van der Waals surface area contributed by atoms with Gasteiger partial charge in [0.25, 0.3) is 5.56 Å². The molecule has 20 heavy (non-hydrogen) atoms. The van der Waals surface area contributed by atoms with Gasteiger partial charge in [0, 0.05) is 11.6 Å². The van der Waals surface area contributed by atoms with Gasteiger partial charge in [-0.1, -0.05) is 17.7 Å². The summed E-state index contributed by atoms with van der Waals surface area (Å²) in [5.74, 6) is -1.08. The number of rotatable bonds is 2. The first-order valence-electron chi connectivity index (χ1n) is 5.34. The number of hydrogen-bond donors (Lipinski definition) is 1. The van der Waals surface area contributed by atoms with Crippen molar-refractivity contribution in [3.05, 3.63) is 45.5 Å². The number of aromatic amines is 1. The van der Waals surface area contributed by atoms with Gasteiger partial charge < -0.3 is 9.72 Å². The summed E-state index contributed by atoms with van der Waals surface area (Å²) < 4.78 is 42.8. The summed E-state index contributed by atoms with van der Waals surface area (Å²) in [6.45, 7) is 0. The van der Waals surface area contributed by atoms with E-state index in [-0.39, 0.29) is 11.4 Å². The fraction of sp³-hybridized carbons (Fsp3) is 0.167. The van der Waals surface area contributed by atoms with Gasteiger partial charge in [-0.2, -0.15) is 13.2 Å². The molecule has 4 nitrogen and oxygen atoms in total. The van der Waals surface area contributed by atoms with Crippen LogP contribution >= 0.6 is 11.6 Å². The highest BCUT2D eigenvalue weighted by molar-refractivity contribution is 6.32. The molecule has 0 aliphatic heterocycles. The Morgan fingerprint density at radius 1 is 1.30 bits per heavy atom. The van der Waals surface area contributed by atoms with Gasteiger partial charge in [0.2, 0.25) is 5.82 Å². The van der Waals surface area contributed by atoms with E-state index in [4.69, 9.17) is 16.3 Å². The second-order valence-electron chi connectivity index (χ2n) is 3.83. The van der Waals surface area contributed by atoms with Crippen LogP contribution in [-0.4, -0.2) is 17.1 Å². The molecule has 0 aliphatic carbocycles. The Hall–Kier alpha value is -2.02. The van der Waals surface area contributed by atoms with E-state index in [9.17, 15) is 18.0 Å². The molecule has 8 heteroatoms. The molecule has 0 saturated heterocycles. The minimum atomic E-state index is -4.73. The Labute approximate surface area is 116 Å². The highest BCUT2D eigenvalue weighted by Crippen LogP contribution is 2.31. The molecule has 2 rings (SSSR count). The number of methoxy groups -OCH3 is 1. The lowest BCUT2D eigenvalue weighted by molar-refractivity contribution is -0.145. The summed E-state index contributed by atoms with van der Waals surface area (Å²) in [6.07, 6.45) is -4.73. The molecule has 1 N–H and O–H groups in total. The summed E-state index contributed by atoms with van der Waals surface area (Å²) in [5.41, 5.74) is -0.713. The molecule has 1 aromatic carbocycles. The van der Waals surface area contributed by atoms with Crippen LogP contribution in [0.25, 0.3) is 11.3 Å². The highest BCUT2D eigenvalue weighted by Gasteiger charge is 2.34. The van der Waals surface area contributed by atoms with Crippen molar-refractivity contribution in [3.63, 3.8) is 0 Å². The number of aromatic nitrogens is 2. The van der Waals surface area contributed by atoms with Crippen molar-refractivity contribution in [2.45, 2.75) is 6.18 Å². The Morgan fingerprint density at radius 3 is 2.60 bits per heavy atom. The first-order chi connectivity index (χ1) is 9.31. The van der Waals surface area contributed by atoms with Gasteiger partial charge in [0.05, 0.1) is 17.8 Å². The molecule has 0 unspecified atom stereocenters. The van der Waals surface area contributed by atoms with E-state index in [2.05, 4.69) is 4.98 Å². The summed E-state index contributed by atoms with van der Waals surface area (Å²) in [6, 6.07) is 5.28. The van der Waals surface area contributed by atoms with Gasteiger partial charge in [-0.15, -0.1) is 0 Å². The van der Waals surface area contributed by atoms with Crippen LogP contribution in [0.1, 0.15) is 5.82 Å². The SMILES string of the molecule is COc1cc(-c2cc(=O)[nH]c(C(F)(F)F)n2)ccc1Cl. The number of nitrogens with zero attached hydrogens (tertiary/aromatic N) is 1. The van der Waals surface area contributed by atoms with E-state index in [1.807, 2.05) is 0 Å². The fourth-order valence-corrected chi connectivity index (χ4v) is 1.75. The van der Waals surface area contributed by atoms with Crippen molar-refractivity contribution in [2.24, 2.45) is 0 Å². The van der Waals surface area contributed by atoms with Gasteiger partial charge in [-0.25, -0.2) is 4.98 Å². The second-order valence-corrected chi connectivity index (χ2v) is 4.23. The zero-order valence-electron chi connectivity index (χ0n) is 10.1. The van der Waals surface area contributed by atoms with Gasteiger partial charge in [0.1, 0.15) is 5.75 Å². The quantitative estimate of drug-likeness (QED) is 0.927. The first kappa shape index (κ1) is 14.4. The molecule has 0 saturated carbocycles. The normalized spacial score (nSPS) is 11.4. The van der Waals surface area contributed by atoms with Crippen LogP contribution < -0.4 is 10.3 Å². The Kier molecular flexibility index (Phi) is 3.71. The van der Waals surface area contributed by atoms with E-state index in [0.29, 0.717) is 10.6 Å². The lowest BCUT2D eigenvalue weighted by Gasteiger charge is -2.09. The third-order valence-corrected chi connectivity index (χ3v) is 2.77. The predicted octanol–water partition coefficient (Wildman–Crippen LogP) is 3.12. The van der Waals surface area contributed by atoms with Crippen molar-refractivity contribution in [1.82, 2.24) is 9.97 Å². The minimum Gasteiger partial charge on any atom is -0.495 e. The maximum Gasteiger partial charge on any atom is 0.449 e. The van der Waals surface area contributed by atoms with Crippen LogP contribution in [0.3, 0.4) is 0 Å². The largest absolute Gasteiger partial charge is 0.495 e. The van der Waals surface area contributed by atoms with Crippen LogP contribution in [0.5, 0.6) is 5.75 Å². The smallest absolute Gasteiger partial charge is 0.449 e. The van der Waals surface area contributed by atoms with Crippen LogP contribution in [0.15, 0.2) is 29.1 Å². The number of nitrogens with one attached hydrogen (secondary N) is 1. The van der Waals surface area contributed by atoms with E-state index in [1.54, 1.807) is 4.98 Å². The van der Waals surface area contributed by atoms with E-state index in [1.165, 1.54) is 25.3 Å². The Balaban J connectivity index is 2.58. The predicted molar refractivity (Wildman–Crippen MR) is 66.9 cm³/mol. The molecule has 0 spiro atoms. The molecule has 0 fully saturated rings. The third-order valence-electron chi connectivity index (χ3n) is 2.46. The Bertz CT molecular complexity index is 698. The number of alkyl halides is 3. The molecular weight excluding hydrogens is 297 g/mol. The number of ether oxygens (including phenoxy) is 1. The van der Waals surface area contributed by atoms with Crippen LogP contribution in [0, 0.1) is 0 Å². The van der Waals surface area contributed by atoms with E-state index < -0.39 is 17.6 Å². The Morgan fingerprint density at radius 2 is 2.00 bits per heavy atom. The maximum absolute atomic E-state index is 12.6. The van der Waals surface area contributed by atoms with Crippen molar-refractivity contribution in [3.8, 4) is 17.0 Å². The molecule has 106 valence electrons. The van der Waals surface area contributed by atoms with Gasteiger partial charge in [-0.3, -0.25) is 4.79 Å². The van der Waals surface area contributed by atoms with E-state index >= 15 is 0 Å². The first-order valence-corrected chi connectivity index (χ1v) is 5.71. The summed E-state index contributed by atoms with van der Waals surface area (Å²) in [7, 11) is 1.37. The number of H-pyrrole nitrogens is 1. The highest BCUT2D eigenvalue weighted by atomic mass is 35.5. The van der Waals surface area contributed by atoms with E-state index in [0.717, 1.165) is 6.07 Å². The average molecular weight is 305 g/mol. The maximum atomic E-state index is 12.6. The fourth-order valence-electron chi connectivity index (χ4n) is 1.56. The standard InChI is InChI=1S/C12H8ClF3N2O2/c1-20-9-4-6(2-3-7(9)13)8-5-10(19)18-11(17-8)12(14,15)16/h2-5H,1H3,(H,17,18,19). The average Bonchev–Trinajstić information content (AvgIpc) is 2.37. The zero-order chi connectivity index (χ0) is 14.9. The number of benzene rings is 1. The van der Waals surface area contributed by atoms with Crippen molar-refractivity contribution in [2.75, 3.05) is 7.11 Å². The molecule has 2 aromatic rings. The molecule has 0 radical (unpaired) electrons. The number of halogens is 4. The molecular formula is C12H8ClF3N2O2. The molecule has 0 atom stereocenters. The van der Waals surface area contributed by atoms with Crippen molar-refractivity contribution >= 4 is 11.6 Å². The molecule has 0 amide bonds. The lowest BCUT2D eigenvalue weighted by Crippen LogP contribution is -2.18. The summed E-state index contributed by atoms with van der Waals surface area (Å²) in [4.78, 5) is 16.3. The molecule has 0 aliphatic rings. The lowest BCUT2D eigenvalue weighted by atomic mass is 10.1. The molecule has 1 aromatic heterocycles. The number of hydrogen-bond acceptors (Lipinski definition) is 3. The molecule has 1 heterocycles. The van der Waals surface area contributed by atoms with Gasteiger partial charge in [0.15, 0.2) is 0 Å². The zero-order valence-corrected chi connectivity index (χ0v) is 10.8. The van der Waals surface area contributed by atoms with Crippen molar-refractivity contribution in [1.29, 1.82) is 0 Å². The minimum absolute atomic E-state index is 0.115. The van der Waals surface area contributed by atoms with Crippen LogP contribution in [-0.2, 0) is 6.18 Å². The third kappa shape index (κ3) is 2.93. The topological polar surface area (TPSA) is 55.0 Å². The van der Waals surface area contributed by atoms with Gasteiger partial charge >= 0.3 is 6.18 Å². The van der Waals surface area contributed by atoms with Crippen molar-refractivity contribution < 1.29 is 17.9 Å². The summed E-state index contributed by atoms with van der Waals surface area (Å²) in [5, 5.41) is 0.303. The van der Waals surface area contributed by atoms with Crippen LogP contribution in [0.4, 0.5) is 13.2 Å².